The minimum Gasteiger partial charge on any atom is -0.475 e. The molecular formula is C19H30F9N3O6. The van der Waals surface area contributed by atoms with Crippen molar-refractivity contribution >= 4 is 17.9 Å². The Morgan fingerprint density at radius 1 is 0.703 bits per heavy atom. The zero-order valence-corrected chi connectivity index (χ0v) is 19.7. The first kappa shape index (κ1) is 36.8. The van der Waals surface area contributed by atoms with Gasteiger partial charge in [-0.3, -0.25) is 0 Å². The van der Waals surface area contributed by atoms with Crippen LogP contribution in [0.4, 0.5) is 39.5 Å². The number of aliphatic carboxylic acids is 3. The fourth-order valence-corrected chi connectivity index (χ4v) is 3.20. The fraction of sp³-hybridized carbons (Fsp3) is 0.842. The first-order valence-corrected chi connectivity index (χ1v) is 10.7. The average molecular weight is 567 g/mol. The Bertz CT molecular complexity index is 629. The van der Waals surface area contributed by atoms with Crippen LogP contribution in [-0.4, -0.2) is 107 Å². The summed E-state index contributed by atoms with van der Waals surface area (Å²) in [6, 6.07) is 0.870. The molecule has 2 aliphatic rings. The maximum Gasteiger partial charge on any atom is 0.490 e. The number of piperidine rings is 2. The molecule has 0 radical (unpaired) electrons. The van der Waals surface area contributed by atoms with Gasteiger partial charge in [-0.05, 0) is 77.8 Å². The molecule has 9 nitrogen and oxygen atoms in total. The summed E-state index contributed by atoms with van der Waals surface area (Å²) in [6.07, 6.45) is -8.51. The van der Waals surface area contributed by atoms with Gasteiger partial charge in [0.25, 0.3) is 0 Å². The predicted octanol–water partition coefficient (Wildman–Crippen LogP) is 3.04. The van der Waals surface area contributed by atoms with Crippen molar-refractivity contribution in [3.63, 3.8) is 0 Å². The second-order valence-corrected chi connectivity index (χ2v) is 8.00. The van der Waals surface area contributed by atoms with E-state index in [0.29, 0.717) is 0 Å². The van der Waals surface area contributed by atoms with E-state index in [4.69, 9.17) is 35.4 Å². The quantitative estimate of drug-likeness (QED) is 0.378. The fourth-order valence-electron chi connectivity index (χ4n) is 3.20. The molecule has 0 bridgehead atoms. The van der Waals surface area contributed by atoms with Crippen molar-refractivity contribution in [3.8, 4) is 0 Å². The van der Waals surface area contributed by atoms with Crippen LogP contribution in [0.1, 0.15) is 32.1 Å². The highest BCUT2D eigenvalue weighted by atomic mass is 19.4. The minimum atomic E-state index is -5.08. The van der Waals surface area contributed by atoms with Crippen molar-refractivity contribution in [2.24, 2.45) is 11.7 Å². The molecule has 37 heavy (non-hydrogen) atoms. The molecule has 2 heterocycles. The van der Waals surface area contributed by atoms with E-state index in [-0.39, 0.29) is 0 Å². The third-order valence-corrected chi connectivity index (χ3v) is 5.16. The summed E-state index contributed by atoms with van der Waals surface area (Å²) in [7, 11) is 2.24. The Balaban J connectivity index is 0. The smallest absolute Gasteiger partial charge is 0.475 e. The zero-order valence-electron chi connectivity index (χ0n) is 19.7. The lowest BCUT2D eigenvalue weighted by molar-refractivity contribution is -0.193. The number of carbonyl (C=O) groups is 3. The lowest BCUT2D eigenvalue weighted by Crippen LogP contribution is -2.47. The Labute approximate surface area is 206 Å². The van der Waals surface area contributed by atoms with E-state index in [0.717, 1.165) is 18.5 Å². The summed E-state index contributed by atoms with van der Waals surface area (Å²) in [5.41, 5.74) is 5.63. The Hall–Kier alpha value is -2.34. The highest BCUT2D eigenvalue weighted by Crippen LogP contribution is 2.25. The molecule has 0 atom stereocenters. The average Bonchev–Trinajstić information content (AvgIpc) is 2.74. The Kier molecular flexibility index (Phi) is 16.4. The molecule has 0 aromatic rings. The molecule has 0 amide bonds. The highest BCUT2D eigenvalue weighted by Gasteiger charge is 2.39. The molecule has 5 N–H and O–H groups in total. The van der Waals surface area contributed by atoms with Crippen LogP contribution in [0, 0.1) is 5.92 Å². The van der Waals surface area contributed by atoms with Crippen LogP contribution < -0.4 is 5.73 Å². The maximum atomic E-state index is 10.6. The van der Waals surface area contributed by atoms with E-state index in [2.05, 4.69) is 16.8 Å². The van der Waals surface area contributed by atoms with Crippen LogP contribution in [0.2, 0.25) is 0 Å². The number of nitrogens with zero attached hydrogens (tertiary/aromatic N) is 2. The van der Waals surface area contributed by atoms with Crippen LogP contribution in [0.15, 0.2) is 0 Å². The summed E-state index contributed by atoms with van der Waals surface area (Å²) in [5.74, 6) is -7.36. The van der Waals surface area contributed by atoms with Crippen molar-refractivity contribution in [2.75, 3.05) is 39.8 Å². The van der Waals surface area contributed by atoms with Crippen LogP contribution in [0.25, 0.3) is 0 Å². The van der Waals surface area contributed by atoms with Gasteiger partial charge in [0, 0.05) is 6.04 Å². The standard InChI is InChI=1S/C13H27N3.3C2HF3O2/c1-15-8-5-13(6-9-15)16-10-3-12(2-7-14)4-11-16;3*3-2(4,5)1(6)7/h12-13H,2-11,14H2,1H3;3*(H,6,7). The van der Waals surface area contributed by atoms with E-state index in [1.807, 2.05) is 0 Å². The molecule has 18 heteroatoms. The molecule has 0 aromatic heterocycles. The van der Waals surface area contributed by atoms with Gasteiger partial charge in [-0.1, -0.05) is 0 Å². The Morgan fingerprint density at radius 2 is 1.00 bits per heavy atom. The van der Waals surface area contributed by atoms with E-state index in [1.165, 1.54) is 58.3 Å². The second-order valence-electron chi connectivity index (χ2n) is 8.00. The number of hydrogen-bond donors (Lipinski definition) is 4. The number of carboxylic acids is 3. The molecule has 0 aromatic carbocycles. The third-order valence-electron chi connectivity index (χ3n) is 5.16. The zero-order chi connectivity index (χ0) is 29.6. The number of likely N-dealkylation sites (tertiary alicyclic amines) is 2. The topological polar surface area (TPSA) is 144 Å². The van der Waals surface area contributed by atoms with E-state index in [1.54, 1.807) is 0 Å². The summed E-state index contributed by atoms with van der Waals surface area (Å²) >= 11 is 0. The van der Waals surface area contributed by atoms with Gasteiger partial charge in [-0.2, -0.15) is 39.5 Å². The summed E-state index contributed by atoms with van der Waals surface area (Å²) < 4.78 is 95.2. The lowest BCUT2D eigenvalue weighted by atomic mass is 9.91. The summed E-state index contributed by atoms with van der Waals surface area (Å²) in [4.78, 5) is 31.9. The molecule has 2 fully saturated rings. The summed E-state index contributed by atoms with van der Waals surface area (Å²) in [5, 5.41) is 21.4. The predicted molar refractivity (Wildman–Crippen MR) is 110 cm³/mol. The maximum absolute atomic E-state index is 10.6. The monoisotopic (exact) mass is 567 g/mol. The minimum absolute atomic E-state index is 0.870. The van der Waals surface area contributed by atoms with Crippen LogP contribution >= 0.6 is 0 Å². The molecular weight excluding hydrogens is 537 g/mol. The third kappa shape index (κ3) is 18.5. The van der Waals surface area contributed by atoms with Crippen molar-refractivity contribution in [2.45, 2.75) is 56.7 Å². The van der Waals surface area contributed by atoms with Crippen molar-refractivity contribution < 1.29 is 69.2 Å². The number of halogens is 9. The molecule has 0 unspecified atom stereocenters. The van der Waals surface area contributed by atoms with Crippen molar-refractivity contribution in [3.05, 3.63) is 0 Å². The number of alkyl halides is 9. The van der Waals surface area contributed by atoms with Crippen LogP contribution in [-0.2, 0) is 14.4 Å². The largest absolute Gasteiger partial charge is 0.490 e. The Morgan fingerprint density at radius 3 is 1.24 bits per heavy atom. The van der Waals surface area contributed by atoms with Gasteiger partial charge in [-0.15, -0.1) is 0 Å². The second kappa shape index (κ2) is 16.5. The summed E-state index contributed by atoms with van der Waals surface area (Å²) in [6.45, 7) is 6.08. The molecule has 0 aliphatic carbocycles. The van der Waals surface area contributed by atoms with Crippen LogP contribution in [0.3, 0.4) is 0 Å². The molecule has 2 rings (SSSR count). The van der Waals surface area contributed by atoms with Gasteiger partial charge in [0.05, 0.1) is 0 Å². The molecule has 2 aliphatic heterocycles. The lowest BCUT2D eigenvalue weighted by Gasteiger charge is -2.41. The van der Waals surface area contributed by atoms with Gasteiger partial charge in [0.1, 0.15) is 0 Å². The number of nitrogens with two attached hydrogens (primary N) is 1. The SMILES string of the molecule is CN1CCC(N2CCC(CCN)CC2)CC1.O=C(O)C(F)(F)F.O=C(O)C(F)(F)F.O=C(O)C(F)(F)F. The first-order valence-electron chi connectivity index (χ1n) is 10.7. The molecule has 2 saturated heterocycles. The van der Waals surface area contributed by atoms with Gasteiger partial charge in [0.2, 0.25) is 0 Å². The van der Waals surface area contributed by atoms with E-state index >= 15 is 0 Å². The van der Waals surface area contributed by atoms with Gasteiger partial charge in [0.15, 0.2) is 0 Å². The molecule has 0 spiro atoms. The van der Waals surface area contributed by atoms with Crippen LogP contribution in [0.5, 0.6) is 0 Å². The van der Waals surface area contributed by atoms with Gasteiger partial charge < -0.3 is 30.9 Å². The van der Waals surface area contributed by atoms with Crippen molar-refractivity contribution in [1.82, 2.24) is 9.80 Å². The van der Waals surface area contributed by atoms with Gasteiger partial charge >= 0.3 is 36.4 Å². The van der Waals surface area contributed by atoms with E-state index < -0.39 is 36.4 Å². The normalized spacial score (nSPS) is 18.2. The number of hydrogen-bond acceptors (Lipinski definition) is 6. The van der Waals surface area contributed by atoms with Gasteiger partial charge in [-0.25, -0.2) is 14.4 Å². The highest BCUT2D eigenvalue weighted by molar-refractivity contribution is 5.73. The van der Waals surface area contributed by atoms with E-state index in [9.17, 15) is 39.5 Å². The number of rotatable bonds is 3. The first-order chi connectivity index (χ1) is 16.6. The van der Waals surface area contributed by atoms with Crippen molar-refractivity contribution in [1.29, 1.82) is 0 Å². The molecule has 220 valence electrons. The number of carboxylic acid groups (broad SMARTS) is 3. The molecule has 0 saturated carbocycles.